The molecule has 0 saturated carbocycles. The quantitative estimate of drug-likeness (QED) is 0.291. The molecule has 34 heavy (non-hydrogen) atoms. The van der Waals surface area contributed by atoms with Crippen LogP contribution in [-0.4, -0.2) is 23.6 Å². The van der Waals surface area contributed by atoms with E-state index in [0.717, 1.165) is 10.5 Å². The molecule has 4 nitrogen and oxygen atoms in total. The molecule has 1 amide bonds. The Morgan fingerprint density at radius 2 is 1.41 bits per heavy atom. The molecule has 0 saturated heterocycles. The predicted octanol–water partition coefficient (Wildman–Crippen LogP) is 6.87. The fraction of sp³-hybridized carbons (Fsp3) is 0.138. The SMILES string of the molecule is O=C(Nc1ccccc1SCC(O)c1ccccc1)OCC1c2ccccc2-c2ccccc21. The Balaban J connectivity index is 1.23. The molecule has 5 heteroatoms. The number of fused-ring (bicyclic) bond motifs is 3. The maximum Gasteiger partial charge on any atom is 0.411 e. The van der Waals surface area contributed by atoms with Crippen molar-refractivity contribution in [2.75, 3.05) is 17.7 Å². The van der Waals surface area contributed by atoms with Crippen molar-refractivity contribution in [3.05, 3.63) is 120 Å². The Labute approximate surface area is 203 Å². The molecule has 0 bridgehead atoms. The minimum absolute atomic E-state index is 0.0174. The molecule has 0 fully saturated rings. The van der Waals surface area contributed by atoms with E-state index in [1.807, 2.05) is 78.9 Å². The molecule has 4 aromatic rings. The molecule has 4 aromatic carbocycles. The highest BCUT2D eigenvalue weighted by molar-refractivity contribution is 7.99. The van der Waals surface area contributed by atoms with Gasteiger partial charge in [0.25, 0.3) is 0 Å². The second-order valence-corrected chi connectivity index (χ2v) is 9.25. The van der Waals surface area contributed by atoms with E-state index in [1.165, 1.54) is 34.0 Å². The third kappa shape index (κ3) is 4.72. The monoisotopic (exact) mass is 467 g/mol. The highest BCUT2D eigenvalue weighted by Gasteiger charge is 2.29. The number of ether oxygens (including phenoxy) is 1. The van der Waals surface area contributed by atoms with Crippen LogP contribution < -0.4 is 5.32 Å². The number of carbonyl (C=O) groups is 1. The minimum atomic E-state index is -0.589. The van der Waals surface area contributed by atoms with E-state index in [0.29, 0.717) is 11.4 Å². The molecule has 0 aliphatic heterocycles. The fourth-order valence-electron chi connectivity index (χ4n) is 4.38. The zero-order chi connectivity index (χ0) is 23.3. The van der Waals surface area contributed by atoms with Gasteiger partial charge in [-0.05, 0) is 39.9 Å². The van der Waals surface area contributed by atoms with E-state index in [-0.39, 0.29) is 12.5 Å². The summed E-state index contributed by atoms with van der Waals surface area (Å²) >= 11 is 1.50. The molecular formula is C29H25NO3S. The lowest BCUT2D eigenvalue weighted by Crippen LogP contribution is -2.18. The molecular weight excluding hydrogens is 442 g/mol. The first-order chi connectivity index (χ1) is 16.7. The van der Waals surface area contributed by atoms with Gasteiger partial charge in [0.05, 0.1) is 11.8 Å². The van der Waals surface area contributed by atoms with Gasteiger partial charge >= 0.3 is 6.09 Å². The largest absolute Gasteiger partial charge is 0.448 e. The molecule has 0 radical (unpaired) electrons. The Morgan fingerprint density at radius 3 is 2.12 bits per heavy atom. The van der Waals surface area contributed by atoms with Crippen LogP contribution in [0.4, 0.5) is 10.5 Å². The van der Waals surface area contributed by atoms with E-state index in [1.54, 1.807) is 0 Å². The van der Waals surface area contributed by atoms with Crippen LogP contribution in [0.5, 0.6) is 0 Å². The van der Waals surface area contributed by atoms with E-state index in [4.69, 9.17) is 4.74 Å². The summed E-state index contributed by atoms with van der Waals surface area (Å²) in [4.78, 5) is 13.6. The van der Waals surface area contributed by atoms with Crippen molar-refractivity contribution in [3.63, 3.8) is 0 Å². The first kappa shape index (κ1) is 22.3. The van der Waals surface area contributed by atoms with Gasteiger partial charge in [0.15, 0.2) is 0 Å². The van der Waals surface area contributed by atoms with Crippen LogP contribution in [0, 0.1) is 0 Å². The molecule has 2 N–H and O–H groups in total. The summed E-state index contributed by atoms with van der Waals surface area (Å²) in [5, 5.41) is 13.4. The number of aliphatic hydroxyl groups excluding tert-OH is 1. The molecule has 0 heterocycles. The summed E-state index contributed by atoms with van der Waals surface area (Å²) in [6.45, 7) is 0.266. The summed E-state index contributed by atoms with van der Waals surface area (Å²) in [5.41, 5.74) is 6.31. The van der Waals surface area contributed by atoms with Gasteiger partial charge in [0.1, 0.15) is 6.61 Å². The molecule has 1 unspecified atom stereocenters. The standard InChI is InChI=1S/C29H25NO3S/c31-27(20-10-2-1-3-11-20)19-34-28-17-9-8-16-26(28)30-29(32)33-18-25-23-14-6-4-12-21(23)22-13-5-7-15-24(22)25/h1-17,25,27,31H,18-19H2,(H,30,32). The smallest absolute Gasteiger partial charge is 0.411 e. The summed E-state index contributed by atoms with van der Waals surface area (Å²) in [7, 11) is 0. The lowest BCUT2D eigenvalue weighted by Gasteiger charge is -2.16. The number of benzene rings is 4. The maximum absolute atomic E-state index is 12.7. The van der Waals surface area contributed by atoms with Crippen molar-refractivity contribution in [2.24, 2.45) is 0 Å². The number of carbonyl (C=O) groups excluding carboxylic acids is 1. The van der Waals surface area contributed by atoms with E-state index in [2.05, 4.69) is 29.6 Å². The third-order valence-corrected chi connectivity index (χ3v) is 7.20. The summed E-state index contributed by atoms with van der Waals surface area (Å²) in [6, 6.07) is 33.7. The number of hydrogen-bond acceptors (Lipinski definition) is 4. The zero-order valence-electron chi connectivity index (χ0n) is 18.6. The van der Waals surface area contributed by atoms with Crippen LogP contribution in [0.25, 0.3) is 11.1 Å². The van der Waals surface area contributed by atoms with Gasteiger partial charge in [-0.2, -0.15) is 0 Å². The van der Waals surface area contributed by atoms with E-state index >= 15 is 0 Å². The highest BCUT2D eigenvalue weighted by Crippen LogP contribution is 2.44. The number of para-hydroxylation sites is 1. The summed E-state index contributed by atoms with van der Waals surface area (Å²) in [5.74, 6) is 0.497. The highest BCUT2D eigenvalue weighted by atomic mass is 32.2. The third-order valence-electron chi connectivity index (χ3n) is 6.05. The predicted molar refractivity (Wildman–Crippen MR) is 137 cm³/mol. The van der Waals surface area contributed by atoms with Gasteiger partial charge in [0.2, 0.25) is 0 Å². The Bertz CT molecular complexity index is 1250. The number of nitrogens with one attached hydrogen (secondary N) is 1. The van der Waals surface area contributed by atoms with Crippen molar-refractivity contribution in [2.45, 2.75) is 16.9 Å². The van der Waals surface area contributed by atoms with Crippen molar-refractivity contribution in [3.8, 4) is 11.1 Å². The molecule has 0 aromatic heterocycles. The van der Waals surface area contributed by atoms with Crippen molar-refractivity contribution >= 4 is 23.5 Å². The van der Waals surface area contributed by atoms with Gasteiger partial charge in [0, 0.05) is 16.6 Å². The number of thioether (sulfide) groups is 1. The average Bonchev–Trinajstić information content (AvgIpc) is 3.21. The molecule has 5 rings (SSSR count). The van der Waals surface area contributed by atoms with Crippen LogP contribution in [0.2, 0.25) is 0 Å². The van der Waals surface area contributed by atoms with Crippen molar-refractivity contribution in [1.29, 1.82) is 0 Å². The molecule has 1 atom stereocenters. The molecule has 1 aliphatic rings. The second kappa shape index (κ2) is 10.2. The normalized spacial score (nSPS) is 13.1. The number of rotatable bonds is 7. The molecule has 170 valence electrons. The van der Waals surface area contributed by atoms with Crippen molar-refractivity contribution < 1.29 is 14.6 Å². The molecule has 0 spiro atoms. The topological polar surface area (TPSA) is 58.6 Å². The van der Waals surface area contributed by atoms with E-state index < -0.39 is 12.2 Å². The van der Waals surface area contributed by atoms with Gasteiger partial charge in [-0.25, -0.2) is 4.79 Å². The lowest BCUT2D eigenvalue weighted by molar-refractivity contribution is 0.158. The summed E-state index contributed by atoms with van der Waals surface area (Å²) in [6.07, 6.45) is -1.08. The van der Waals surface area contributed by atoms with Gasteiger partial charge in [-0.1, -0.05) is 91.0 Å². The van der Waals surface area contributed by atoms with E-state index in [9.17, 15) is 9.90 Å². The number of anilines is 1. The summed E-state index contributed by atoms with van der Waals surface area (Å²) < 4.78 is 5.68. The number of hydrogen-bond donors (Lipinski definition) is 2. The first-order valence-electron chi connectivity index (χ1n) is 11.3. The van der Waals surface area contributed by atoms with Crippen LogP contribution in [0.1, 0.15) is 28.7 Å². The fourth-order valence-corrected chi connectivity index (χ4v) is 5.36. The van der Waals surface area contributed by atoms with Gasteiger partial charge in [-0.3, -0.25) is 5.32 Å². The Morgan fingerprint density at radius 1 is 0.824 bits per heavy atom. The first-order valence-corrected chi connectivity index (χ1v) is 12.3. The minimum Gasteiger partial charge on any atom is -0.448 e. The zero-order valence-corrected chi connectivity index (χ0v) is 19.4. The van der Waals surface area contributed by atoms with Gasteiger partial charge in [-0.15, -0.1) is 11.8 Å². The lowest BCUT2D eigenvalue weighted by atomic mass is 9.98. The van der Waals surface area contributed by atoms with Crippen LogP contribution in [0.15, 0.2) is 108 Å². The van der Waals surface area contributed by atoms with Crippen molar-refractivity contribution in [1.82, 2.24) is 0 Å². The average molecular weight is 468 g/mol. The van der Waals surface area contributed by atoms with Crippen LogP contribution >= 0.6 is 11.8 Å². The molecule has 1 aliphatic carbocycles. The Hall–Kier alpha value is -3.54. The number of aliphatic hydroxyl groups is 1. The van der Waals surface area contributed by atoms with Crippen LogP contribution in [0.3, 0.4) is 0 Å². The van der Waals surface area contributed by atoms with Gasteiger partial charge < -0.3 is 9.84 Å². The maximum atomic E-state index is 12.7. The second-order valence-electron chi connectivity index (χ2n) is 8.18. The van der Waals surface area contributed by atoms with Crippen LogP contribution in [-0.2, 0) is 4.74 Å². The number of amides is 1. The Kier molecular flexibility index (Phi) is 6.65.